The Morgan fingerprint density at radius 1 is 1.53 bits per heavy atom. The predicted octanol–water partition coefficient (Wildman–Crippen LogP) is 1.23. The molecule has 15 heavy (non-hydrogen) atoms. The predicted molar refractivity (Wildman–Crippen MR) is 48.3 cm³/mol. The molecule has 0 fully saturated rings. The molecular formula is C6H5ClF2N2O3S. The number of nitrogens with zero attached hydrogens (tertiary/aromatic N) is 1. The van der Waals surface area contributed by atoms with Gasteiger partial charge in [-0.3, -0.25) is 0 Å². The summed E-state index contributed by atoms with van der Waals surface area (Å²) in [5.74, 6) is -1.31. The van der Waals surface area contributed by atoms with E-state index in [0.717, 1.165) is 0 Å². The van der Waals surface area contributed by atoms with Crippen molar-refractivity contribution in [3.63, 3.8) is 0 Å². The molecule has 0 saturated heterocycles. The molecule has 1 rings (SSSR count). The Hall–Kier alpha value is -1.15. The van der Waals surface area contributed by atoms with Crippen LogP contribution in [0.15, 0.2) is 11.1 Å². The Bertz CT molecular complexity index is 491. The fourth-order valence-corrected chi connectivity index (χ4v) is 1.87. The fraction of sp³-hybridized carbons (Fsp3) is 0.167. The Kier molecular flexibility index (Phi) is 3.00. The minimum absolute atomic E-state index is 0.516. The van der Waals surface area contributed by atoms with E-state index in [-0.39, 0.29) is 0 Å². The molecule has 0 radical (unpaired) electrons. The molecule has 0 spiro atoms. The van der Waals surface area contributed by atoms with E-state index in [1.807, 2.05) is 0 Å². The van der Waals surface area contributed by atoms with Crippen molar-refractivity contribution in [3.05, 3.63) is 11.6 Å². The number of aromatic nitrogens is 1. The number of halogens is 3. The van der Waals surface area contributed by atoms with Crippen molar-refractivity contribution in [2.45, 2.75) is 11.5 Å². The summed E-state index contributed by atoms with van der Waals surface area (Å²) in [5, 5.41) is 7.93. The minimum atomic E-state index is -4.43. The Morgan fingerprint density at radius 2 is 2.07 bits per heavy atom. The van der Waals surface area contributed by atoms with Crippen molar-refractivity contribution < 1.29 is 22.3 Å². The molecule has 84 valence electrons. The number of rotatable bonds is 2. The highest BCUT2D eigenvalue weighted by molar-refractivity contribution is 8.13. The van der Waals surface area contributed by atoms with E-state index >= 15 is 0 Å². The average molecular weight is 259 g/mol. The lowest BCUT2D eigenvalue weighted by atomic mass is 10.3. The third-order valence-electron chi connectivity index (χ3n) is 1.49. The van der Waals surface area contributed by atoms with Crippen LogP contribution in [0, 0.1) is 0 Å². The molecule has 3 N–H and O–H groups in total. The number of pyridine rings is 1. The normalized spacial score (nSPS) is 12.0. The first-order valence-corrected chi connectivity index (χ1v) is 5.76. The van der Waals surface area contributed by atoms with Crippen LogP contribution in [-0.4, -0.2) is 18.5 Å². The van der Waals surface area contributed by atoms with E-state index in [1.54, 1.807) is 0 Å². The van der Waals surface area contributed by atoms with Crippen LogP contribution in [0.5, 0.6) is 5.75 Å². The number of aromatic hydroxyl groups is 1. The van der Waals surface area contributed by atoms with Crippen molar-refractivity contribution in [1.82, 2.24) is 4.98 Å². The van der Waals surface area contributed by atoms with Gasteiger partial charge in [0.25, 0.3) is 15.5 Å². The lowest BCUT2D eigenvalue weighted by Crippen LogP contribution is -2.05. The zero-order chi connectivity index (χ0) is 11.8. The molecule has 0 unspecified atom stereocenters. The second kappa shape index (κ2) is 3.78. The molecule has 0 bridgehead atoms. The second-order valence-electron chi connectivity index (χ2n) is 2.53. The Balaban J connectivity index is 3.56. The lowest BCUT2D eigenvalue weighted by molar-refractivity contribution is 0.146. The summed E-state index contributed by atoms with van der Waals surface area (Å²) >= 11 is 0. The van der Waals surface area contributed by atoms with Gasteiger partial charge in [0.15, 0.2) is 16.6 Å². The van der Waals surface area contributed by atoms with Crippen LogP contribution in [0.1, 0.15) is 12.0 Å². The number of nitrogens with two attached hydrogens (primary N) is 1. The van der Waals surface area contributed by atoms with Crippen LogP contribution in [0.4, 0.5) is 14.6 Å². The summed E-state index contributed by atoms with van der Waals surface area (Å²) < 4.78 is 46.4. The molecule has 0 aliphatic carbocycles. The van der Waals surface area contributed by atoms with Gasteiger partial charge in [0, 0.05) is 10.7 Å². The highest BCUT2D eigenvalue weighted by Crippen LogP contribution is 2.32. The lowest BCUT2D eigenvalue weighted by Gasteiger charge is -2.07. The molecule has 1 heterocycles. The number of hydrogen-bond donors (Lipinski definition) is 2. The number of nitrogen functional groups attached to an aromatic ring is 1. The smallest absolute Gasteiger partial charge is 0.279 e. The SMILES string of the molecule is Nc1nc(S(=O)(=O)Cl)c(C(F)F)cc1O. The fourth-order valence-electron chi connectivity index (χ4n) is 0.866. The van der Waals surface area contributed by atoms with Gasteiger partial charge in [-0.2, -0.15) is 0 Å². The summed E-state index contributed by atoms with van der Waals surface area (Å²) in [5.41, 5.74) is 4.07. The maximum absolute atomic E-state index is 12.4. The van der Waals surface area contributed by atoms with E-state index in [4.69, 9.17) is 21.5 Å². The molecule has 1 aromatic heterocycles. The third-order valence-corrected chi connectivity index (χ3v) is 2.72. The number of alkyl halides is 2. The second-order valence-corrected chi connectivity index (χ2v) is 5.01. The molecule has 1 aromatic rings. The van der Waals surface area contributed by atoms with Crippen LogP contribution >= 0.6 is 10.7 Å². The maximum Gasteiger partial charge on any atom is 0.279 e. The topological polar surface area (TPSA) is 93.3 Å². The molecular weight excluding hydrogens is 254 g/mol. The van der Waals surface area contributed by atoms with Crippen molar-refractivity contribution in [2.24, 2.45) is 0 Å². The molecule has 5 nitrogen and oxygen atoms in total. The van der Waals surface area contributed by atoms with Gasteiger partial charge in [-0.25, -0.2) is 22.2 Å². The van der Waals surface area contributed by atoms with Crippen LogP contribution in [0.25, 0.3) is 0 Å². The van der Waals surface area contributed by atoms with Gasteiger partial charge in [-0.15, -0.1) is 0 Å². The first-order chi connectivity index (χ1) is 6.73. The van der Waals surface area contributed by atoms with Gasteiger partial charge in [0.05, 0.1) is 5.56 Å². The van der Waals surface area contributed by atoms with E-state index in [9.17, 15) is 17.2 Å². The highest BCUT2D eigenvalue weighted by atomic mass is 35.7. The summed E-state index contributed by atoms with van der Waals surface area (Å²) in [6.45, 7) is 0. The molecule has 0 aromatic carbocycles. The first-order valence-electron chi connectivity index (χ1n) is 3.45. The van der Waals surface area contributed by atoms with Crippen LogP contribution in [0.2, 0.25) is 0 Å². The molecule has 0 saturated carbocycles. The van der Waals surface area contributed by atoms with E-state index in [1.165, 1.54) is 0 Å². The largest absolute Gasteiger partial charge is 0.504 e. The van der Waals surface area contributed by atoms with E-state index < -0.39 is 37.6 Å². The van der Waals surface area contributed by atoms with Crippen molar-refractivity contribution in [3.8, 4) is 5.75 Å². The highest BCUT2D eigenvalue weighted by Gasteiger charge is 2.25. The number of hydrogen-bond acceptors (Lipinski definition) is 5. The van der Waals surface area contributed by atoms with Gasteiger partial charge in [-0.1, -0.05) is 0 Å². The standard InChI is InChI=1S/C6H5ClF2N2O3S/c7-15(13,14)6-2(4(8)9)1-3(12)5(10)11-6/h1,4,12H,(H2,10,11). The average Bonchev–Trinajstić information content (AvgIpc) is 2.06. The zero-order valence-corrected chi connectivity index (χ0v) is 8.56. The van der Waals surface area contributed by atoms with Crippen LogP contribution in [-0.2, 0) is 9.05 Å². The summed E-state index contributed by atoms with van der Waals surface area (Å²) in [6, 6.07) is 0.516. The van der Waals surface area contributed by atoms with E-state index in [0.29, 0.717) is 6.07 Å². The van der Waals surface area contributed by atoms with Crippen molar-refractivity contribution in [2.75, 3.05) is 5.73 Å². The first kappa shape index (κ1) is 11.9. The monoisotopic (exact) mass is 258 g/mol. The van der Waals surface area contributed by atoms with Crippen LogP contribution in [0.3, 0.4) is 0 Å². The van der Waals surface area contributed by atoms with Gasteiger partial charge in [0.2, 0.25) is 0 Å². The molecule has 0 amide bonds. The summed E-state index contributed by atoms with van der Waals surface area (Å²) in [6.07, 6.45) is -3.13. The minimum Gasteiger partial charge on any atom is -0.504 e. The van der Waals surface area contributed by atoms with E-state index in [2.05, 4.69) is 4.98 Å². The summed E-state index contributed by atoms with van der Waals surface area (Å²) in [4.78, 5) is 3.09. The molecule has 0 atom stereocenters. The van der Waals surface area contributed by atoms with Crippen LogP contribution < -0.4 is 5.73 Å². The van der Waals surface area contributed by atoms with Gasteiger partial charge < -0.3 is 10.8 Å². The van der Waals surface area contributed by atoms with Gasteiger partial charge in [-0.05, 0) is 6.07 Å². The quantitative estimate of drug-likeness (QED) is 0.779. The van der Waals surface area contributed by atoms with Gasteiger partial charge in [0.1, 0.15) is 0 Å². The van der Waals surface area contributed by atoms with Crippen molar-refractivity contribution >= 4 is 25.6 Å². The Labute approximate surface area is 87.9 Å². The maximum atomic E-state index is 12.4. The zero-order valence-electron chi connectivity index (χ0n) is 6.99. The number of anilines is 1. The van der Waals surface area contributed by atoms with Gasteiger partial charge >= 0.3 is 0 Å². The molecule has 0 aliphatic rings. The van der Waals surface area contributed by atoms with Crippen molar-refractivity contribution in [1.29, 1.82) is 0 Å². The third kappa shape index (κ3) is 2.45. The summed E-state index contributed by atoms with van der Waals surface area (Å²) in [7, 11) is 0.444. The molecule has 9 heteroatoms. The molecule has 0 aliphatic heterocycles. The Morgan fingerprint density at radius 3 is 2.47 bits per heavy atom.